The van der Waals surface area contributed by atoms with Crippen molar-refractivity contribution >= 4 is 11.8 Å². The van der Waals surface area contributed by atoms with E-state index in [4.69, 9.17) is 5.21 Å². The molecule has 2 bridgehead atoms. The molecule has 5 nitrogen and oxygen atoms in total. The number of nitrogens with one attached hydrogen (secondary N) is 1. The molecule has 2 atom stereocenters. The number of fused-ring (bicyclic) bond motifs is 5. The second kappa shape index (κ2) is 4.90. The Balaban J connectivity index is 1.94. The maximum absolute atomic E-state index is 12.3. The van der Waals surface area contributed by atoms with E-state index < -0.39 is 5.91 Å². The standard InChI is InChI=1S/C15H18N2O3/c1-2-3-14(18)17-12-6-7-13(17)11-8-9(15(19)16-20)4-5-10(11)12/h4-5,8,12-13,20H,2-3,6-7H2,1H3,(H,16,19). The first-order chi connectivity index (χ1) is 9.67. The lowest BCUT2D eigenvalue weighted by Crippen LogP contribution is -2.27. The summed E-state index contributed by atoms with van der Waals surface area (Å²) < 4.78 is 0. The van der Waals surface area contributed by atoms with Gasteiger partial charge in [-0.3, -0.25) is 14.8 Å². The quantitative estimate of drug-likeness (QED) is 0.656. The van der Waals surface area contributed by atoms with Crippen LogP contribution in [0.1, 0.15) is 66.2 Å². The Morgan fingerprint density at radius 2 is 2.00 bits per heavy atom. The highest BCUT2D eigenvalue weighted by atomic mass is 16.5. The van der Waals surface area contributed by atoms with Crippen LogP contribution in [0.3, 0.4) is 0 Å². The van der Waals surface area contributed by atoms with E-state index >= 15 is 0 Å². The van der Waals surface area contributed by atoms with Crippen LogP contribution in [0.25, 0.3) is 0 Å². The highest BCUT2D eigenvalue weighted by Gasteiger charge is 2.45. The zero-order chi connectivity index (χ0) is 14.3. The molecule has 1 aromatic rings. The van der Waals surface area contributed by atoms with Gasteiger partial charge in [0.2, 0.25) is 5.91 Å². The molecule has 2 N–H and O–H groups in total. The summed E-state index contributed by atoms with van der Waals surface area (Å²) in [6.45, 7) is 2.01. The summed E-state index contributed by atoms with van der Waals surface area (Å²) in [5.74, 6) is -0.314. The number of hydroxylamine groups is 1. The molecule has 20 heavy (non-hydrogen) atoms. The molecular formula is C15H18N2O3. The molecule has 2 amide bonds. The molecule has 0 spiro atoms. The Hall–Kier alpha value is -1.88. The van der Waals surface area contributed by atoms with Gasteiger partial charge in [0, 0.05) is 12.0 Å². The highest BCUT2D eigenvalue weighted by molar-refractivity contribution is 5.94. The van der Waals surface area contributed by atoms with Crippen LogP contribution in [0, 0.1) is 0 Å². The fourth-order valence-corrected chi connectivity index (χ4v) is 3.48. The number of benzene rings is 1. The van der Waals surface area contributed by atoms with Crippen LogP contribution in [0.4, 0.5) is 0 Å². The van der Waals surface area contributed by atoms with Crippen molar-refractivity contribution in [1.82, 2.24) is 10.4 Å². The van der Waals surface area contributed by atoms with Gasteiger partial charge >= 0.3 is 0 Å². The van der Waals surface area contributed by atoms with Crippen molar-refractivity contribution in [1.29, 1.82) is 0 Å². The van der Waals surface area contributed by atoms with Crippen LogP contribution < -0.4 is 5.48 Å². The Labute approximate surface area is 117 Å². The minimum atomic E-state index is -0.512. The maximum atomic E-state index is 12.3. The number of amides is 2. The van der Waals surface area contributed by atoms with E-state index in [-0.39, 0.29) is 18.0 Å². The van der Waals surface area contributed by atoms with Gasteiger partial charge in [0.15, 0.2) is 0 Å². The van der Waals surface area contributed by atoms with Crippen LogP contribution in [-0.2, 0) is 4.79 Å². The van der Waals surface area contributed by atoms with Gasteiger partial charge in [-0.1, -0.05) is 13.0 Å². The third-order valence-electron chi connectivity index (χ3n) is 4.31. The molecule has 2 heterocycles. The van der Waals surface area contributed by atoms with Crippen LogP contribution in [-0.4, -0.2) is 21.9 Å². The molecule has 1 saturated heterocycles. The van der Waals surface area contributed by atoms with Crippen molar-refractivity contribution in [3.05, 3.63) is 34.9 Å². The van der Waals surface area contributed by atoms with E-state index in [0.717, 1.165) is 30.4 Å². The zero-order valence-electron chi connectivity index (χ0n) is 11.4. The molecule has 0 aliphatic carbocycles. The van der Waals surface area contributed by atoms with Gasteiger partial charge in [-0.05, 0) is 42.5 Å². The monoisotopic (exact) mass is 274 g/mol. The molecule has 2 unspecified atom stereocenters. The molecular weight excluding hydrogens is 256 g/mol. The molecule has 0 saturated carbocycles. The van der Waals surface area contributed by atoms with Crippen molar-refractivity contribution in [3.63, 3.8) is 0 Å². The predicted octanol–water partition coefficient (Wildman–Crippen LogP) is 2.32. The van der Waals surface area contributed by atoms with E-state index in [0.29, 0.717) is 12.0 Å². The van der Waals surface area contributed by atoms with Crippen molar-refractivity contribution in [3.8, 4) is 0 Å². The molecule has 5 heteroatoms. The lowest BCUT2D eigenvalue weighted by atomic mass is 9.90. The van der Waals surface area contributed by atoms with Crippen LogP contribution in [0.2, 0.25) is 0 Å². The van der Waals surface area contributed by atoms with Crippen molar-refractivity contribution < 1.29 is 14.8 Å². The summed E-state index contributed by atoms with van der Waals surface area (Å²) in [5, 5.41) is 8.71. The van der Waals surface area contributed by atoms with E-state index in [2.05, 4.69) is 0 Å². The molecule has 1 fully saturated rings. The zero-order valence-corrected chi connectivity index (χ0v) is 11.4. The van der Waals surface area contributed by atoms with E-state index in [1.54, 1.807) is 17.6 Å². The summed E-state index contributed by atoms with van der Waals surface area (Å²) in [6.07, 6.45) is 3.38. The second-order valence-corrected chi connectivity index (χ2v) is 5.44. The Morgan fingerprint density at radius 1 is 1.30 bits per heavy atom. The minimum Gasteiger partial charge on any atom is -0.329 e. The maximum Gasteiger partial charge on any atom is 0.274 e. The Morgan fingerprint density at radius 3 is 2.65 bits per heavy atom. The molecule has 2 aliphatic rings. The van der Waals surface area contributed by atoms with Crippen LogP contribution in [0.15, 0.2) is 18.2 Å². The average Bonchev–Trinajstić information content (AvgIpc) is 3.03. The van der Waals surface area contributed by atoms with E-state index in [9.17, 15) is 9.59 Å². The smallest absolute Gasteiger partial charge is 0.274 e. The van der Waals surface area contributed by atoms with E-state index in [1.807, 2.05) is 17.9 Å². The van der Waals surface area contributed by atoms with Gasteiger partial charge in [0.25, 0.3) is 5.91 Å². The van der Waals surface area contributed by atoms with E-state index in [1.165, 1.54) is 0 Å². The summed E-state index contributed by atoms with van der Waals surface area (Å²) in [6, 6.07) is 5.68. The largest absolute Gasteiger partial charge is 0.329 e. The highest BCUT2D eigenvalue weighted by Crippen LogP contribution is 2.53. The fourth-order valence-electron chi connectivity index (χ4n) is 3.48. The first-order valence-electron chi connectivity index (χ1n) is 7.06. The molecule has 106 valence electrons. The topological polar surface area (TPSA) is 69.6 Å². The minimum absolute atomic E-state index is 0.0977. The number of carbonyl (C=O) groups excluding carboxylic acids is 2. The number of carbonyl (C=O) groups is 2. The van der Waals surface area contributed by atoms with Gasteiger partial charge in [0.05, 0.1) is 12.1 Å². The summed E-state index contributed by atoms with van der Waals surface area (Å²) in [4.78, 5) is 25.7. The lowest BCUT2D eigenvalue weighted by Gasteiger charge is -2.22. The Bertz CT molecular complexity index is 570. The molecule has 0 aromatic heterocycles. The van der Waals surface area contributed by atoms with Gasteiger partial charge < -0.3 is 4.90 Å². The fraction of sp³-hybridized carbons (Fsp3) is 0.467. The Kier molecular flexibility index (Phi) is 3.22. The van der Waals surface area contributed by atoms with Gasteiger partial charge in [0.1, 0.15) is 0 Å². The molecule has 2 aliphatic heterocycles. The molecule has 1 aromatic carbocycles. The van der Waals surface area contributed by atoms with Gasteiger partial charge in [-0.25, -0.2) is 5.48 Å². The second-order valence-electron chi connectivity index (χ2n) is 5.44. The number of hydrogen-bond donors (Lipinski definition) is 2. The third-order valence-corrected chi connectivity index (χ3v) is 4.31. The SMILES string of the molecule is CCCC(=O)N1C2CCC1c1cc(C(=O)NO)ccc12. The van der Waals surface area contributed by atoms with Crippen molar-refractivity contribution in [2.75, 3.05) is 0 Å². The number of hydrogen-bond acceptors (Lipinski definition) is 3. The summed E-state index contributed by atoms with van der Waals surface area (Å²) in [7, 11) is 0. The summed E-state index contributed by atoms with van der Waals surface area (Å²) >= 11 is 0. The van der Waals surface area contributed by atoms with Crippen molar-refractivity contribution in [2.45, 2.75) is 44.7 Å². The molecule has 3 rings (SSSR count). The van der Waals surface area contributed by atoms with Gasteiger partial charge in [-0.15, -0.1) is 0 Å². The third kappa shape index (κ3) is 1.81. The lowest BCUT2D eigenvalue weighted by molar-refractivity contribution is -0.133. The number of rotatable bonds is 3. The molecule has 0 radical (unpaired) electrons. The normalized spacial score (nSPS) is 22.8. The van der Waals surface area contributed by atoms with Crippen molar-refractivity contribution in [2.24, 2.45) is 0 Å². The summed E-state index contributed by atoms with van der Waals surface area (Å²) in [5.41, 5.74) is 4.30. The number of nitrogens with zero attached hydrogens (tertiary/aromatic N) is 1. The first-order valence-corrected chi connectivity index (χ1v) is 7.06. The predicted molar refractivity (Wildman–Crippen MR) is 72.2 cm³/mol. The van der Waals surface area contributed by atoms with Crippen LogP contribution in [0.5, 0.6) is 0 Å². The van der Waals surface area contributed by atoms with Crippen LogP contribution >= 0.6 is 0 Å². The average molecular weight is 274 g/mol. The van der Waals surface area contributed by atoms with Gasteiger partial charge in [-0.2, -0.15) is 0 Å². The first kappa shape index (κ1) is 13.1.